The Bertz CT molecular complexity index is 1550. The number of hydrogen-bond donors (Lipinski definition) is 0. The number of oxime groups is 1. The monoisotopic (exact) mass is 592 g/mol. The first-order chi connectivity index (χ1) is 19.6. The summed E-state index contributed by atoms with van der Waals surface area (Å²) in [5.41, 5.74) is -1.13. The van der Waals surface area contributed by atoms with Gasteiger partial charge < -0.3 is 14.3 Å². The molecule has 1 aliphatic carbocycles. The van der Waals surface area contributed by atoms with Crippen molar-refractivity contribution in [1.29, 1.82) is 0 Å². The van der Waals surface area contributed by atoms with E-state index in [1.807, 2.05) is 5.38 Å². The van der Waals surface area contributed by atoms with Crippen LogP contribution in [0.2, 0.25) is 0 Å². The fraction of sp³-hybridized carbons (Fsp3) is 0.429. The molecule has 0 radical (unpaired) electrons. The van der Waals surface area contributed by atoms with Gasteiger partial charge in [0.2, 0.25) is 5.91 Å². The molecule has 1 amide bonds. The molecule has 1 saturated heterocycles. The Kier molecular flexibility index (Phi) is 7.16. The minimum Gasteiger partial charge on any atom is -0.387 e. The van der Waals surface area contributed by atoms with Gasteiger partial charge in [0.1, 0.15) is 29.5 Å². The highest BCUT2D eigenvalue weighted by Crippen LogP contribution is 2.41. The molecule has 3 aromatic rings. The Hall–Kier alpha value is -3.61. The van der Waals surface area contributed by atoms with Gasteiger partial charge in [-0.3, -0.25) is 9.59 Å². The minimum absolute atomic E-state index is 0.00898. The molecule has 0 N–H and O–H groups in total. The maximum absolute atomic E-state index is 14.2. The van der Waals surface area contributed by atoms with Crippen molar-refractivity contribution in [3.8, 4) is 0 Å². The third-order valence-corrected chi connectivity index (χ3v) is 8.78. The zero-order valence-electron chi connectivity index (χ0n) is 21.7. The first kappa shape index (κ1) is 27.6. The van der Waals surface area contributed by atoms with E-state index in [2.05, 4.69) is 10.1 Å². The summed E-state index contributed by atoms with van der Waals surface area (Å²) in [6, 6.07) is 4.53. The number of alkyl halides is 3. The number of nitrogens with zero attached hydrogens (tertiary/aromatic N) is 4. The molecule has 6 rings (SSSR count). The van der Waals surface area contributed by atoms with E-state index in [1.165, 1.54) is 35.7 Å². The third-order valence-electron chi connectivity index (χ3n) is 7.77. The van der Waals surface area contributed by atoms with Gasteiger partial charge in [-0.15, -0.1) is 11.3 Å². The summed E-state index contributed by atoms with van der Waals surface area (Å²) in [6.07, 6.45) is -1.40. The Balaban J connectivity index is 1.08. The number of rotatable bonds is 6. The van der Waals surface area contributed by atoms with Crippen LogP contribution >= 0.6 is 11.3 Å². The van der Waals surface area contributed by atoms with Gasteiger partial charge in [-0.25, -0.2) is 13.8 Å². The molecule has 1 saturated carbocycles. The van der Waals surface area contributed by atoms with E-state index in [0.717, 1.165) is 28.5 Å². The lowest BCUT2D eigenvalue weighted by Gasteiger charge is -2.31. The molecule has 3 aliphatic rings. The van der Waals surface area contributed by atoms with Gasteiger partial charge in [0.15, 0.2) is 6.10 Å². The normalized spacial score (nSPS) is 19.8. The van der Waals surface area contributed by atoms with Crippen LogP contribution in [0.1, 0.15) is 77.4 Å². The second kappa shape index (κ2) is 10.7. The maximum atomic E-state index is 14.2. The van der Waals surface area contributed by atoms with Crippen LogP contribution in [0.15, 0.2) is 45.8 Å². The van der Waals surface area contributed by atoms with Gasteiger partial charge in [0.25, 0.3) is 5.56 Å². The minimum atomic E-state index is -4.79. The number of amides is 1. The number of pyridine rings is 1. The van der Waals surface area contributed by atoms with E-state index in [-0.39, 0.29) is 23.8 Å². The van der Waals surface area contributed by atoms with Gasteiger partial charge in [-0.05, 0) is 55.4 Å². The number of carbonyl (C=O) groups is 1. The number of aromatic nitrogens is 2. The summed E-state index contributed by atoms with van der Waals surface area (Å²) in [7, 11) is 0. The lowest BCUT2D eigenvalue weighted by Crippen LogP contribution is -2.42. The summed E-state index contributed by atoms with van der Waals surface area (Å²) in [4.78, 5) is 37.1. The fourth-order valence-corrected chi connectivity index (χ4v) is 6.35. The van der Waals surface area contributed by atoms with Gasteiger partial charge >= 0.3 is 6.18 Å². The van der Waals surface area contributed by atoms with Crippen molar-refractivity contribution in [1.82, 2.24) is 14.5 Å². The summed E-state index contributed by atoms with van der Waals surface area (Å²) < 4.78 is 69.6. The average molecular weight is 593 g/mol. The van der Waals surface area contributed by atoms with Crippen molar-refractivity contribution in [2.24, 2.45) is 5.16 Å². The highest BCUT2D eigenvalue weighted by molar-refractivity contribution is 7.10. The van der Waals surface area contributed by atoms with Crippen molar-refractivity contribution in [3.05, 3.63) is 85.2 Å². The van der Waals surface area contributed by atoms with Crippen LogP contribution in [0.4, 0.5) is 22.0 Å². The molecule has 2 aliphatic heterocycles. The van der Waals surface area contributed by atoms with Crippen molar-refractivity contribution < 1.29 is 31.6 Å². The van der Waals surface area contributed by atoms with E-state index >= 15 is 0 Å². The highest BCUT2D eigenvalue weighted by atomic mass is 32.1. The number of halogens is 5. The quantitative estimate of drug-likeness (QED) is 0.342. The van der Waals surface area contributed by atoms with Gasteiger partial charge in [0, 0.05) is 37.0 Å². The second-order valence-electron chi connectivity index (χ2n) is 10.6. The standard InChI is InChI=1S/C28H25F5N4O3S/c29-19-2-1-3-20(30)25(19)23-11-21(35-40-23)22-14-41-26(34-22)16-6-8-36(9-7-16)24(38)13-37-12-17(15-4-5-15)10-18(27(37)39)28(31,32)33/h1-3,10,12,14-16,23H,4-9,11,13H2. The molecule has 1 unspecified atom stereocenters. The summed E-state index contributed by atoms with van der Waals surface area (Å²) in [5.74, 6) is -1.76. The van der Waals surface area contributed by atoms with Crippen LogP contribution in [0, 0.1) is 11.6 Å². The third kappa shape index (κ3) is 5.64. The SMILES string of the molecule is O=C(Cn1cc(C2CC2)cc(C(F)(F)F)c1=O)N1CCC(c2nc(C3=NOC(c4c(F)cccc4F)C3)cs2)CC1. The van der Waals surface area contributed by atoms with Crippen LogP contribution in [0.3, 0.4) is 0 Å². The molecule has 4 heterocycles. The molecule has 7 nitrogen and oxygen atoms in total. The Morgan fingerprint density at radius 1 is 1.07 bits per heavy atom. The summed E-state index contributed by atoms with van der Waals surface area (Å²) in [6.45, 7) is 0.304. The van der Waals surface area contributed by atoms with Crippen LogP contribution in [0.5, 0.6) is 0 Å². The first-order valence-corrected chi connectivity index (χ1v) is 14.2. The van der Waals surface area contributed by atoms with Gasteiger partial charge in [-0.2, -0.15) is 13.2 Å². The number of piperidine rings is 1. The van der Waals surface area contributed by atoms with Crippen LogP contribution < -0.4 is 5.56 Å². The highest BCUT2D eigenvalue weighted by Gasteiger charge is 2.37. The lowest BCUT2D eigenvalue weighted by molar-refractivity contribution is -0.140. The fourth-order valence-electron chi connectivity index (χ4n) is 5.35. The molecule has 2 fully saturated rings. The predicted octanol–water partition coefficient (Wildman–Crippen LogP) is 5.75. The van der Waals surface area contributed by atoms with E-state index in [0.29, 0.717) is 42.9 Å². The smallest absolute Gasteiger partial charge is 0.387 e. The topological polar surface area (TPSA) is 76.8 Å². The molecule has 1 atom stereocenters. The largest absolute Gasteiger partial charge is 0.421 e. The lowest BCUT2D eigenvalue weighted by atomic mass is 9.97. The van der Waals surface area contributed by atoms with Crippen LogP contribution in [-0.4, -0.2) is 39.2 Å². The molecular weight excluding hydrogens is 567 g/mol. The van der Waals surface area contributed by atoms with Crippen LogP contribution in [0.25, 0.3) is 0 Å². The van der Waals surface area contributed by atoms with Gasteiger partial charge in [0.05, 0.1) is 16.3 Å². The first-order valence-electron chi connectivity index (χ1n) is 13.3. The summed E-state index contributed by atoms with van der Waals surface area (Å²) in [5, 5.41) is 6.65. The molecule has 0 spiro atoms. The predicted molar refractivity (Wildman–Crippen MR) is 140 cm³/mol. The van der Waals surface area contributed by atoms with E-state index in [4.69, 9.17) is 4.84 Å². The number of thiazole rings is 1. The maximum Gasteiger partial charge on any atom is 0.421 e. The van der Waals surface area contributed by atoms with E-state index in [1.54, 1.807) is 4.90 Å². The van der Waals surface area contributed by atoms with Gasteiger partial charge in [-0.1, -0.05) is 11.2 Å². The Labute approximate surface area is 235 Å². The van der Waals surface area contributed by atoms with Crippen molar-refractivity contribution >= 4 is 23.0 Å². The summed E-state index contributed by atoms with van der Waals surface area (Å²) >= 11 is 1.42. The van der Waals surface area contributed by atoms with Crippen molar-refractivity contribution in [3.63, 3.8) is 0 Å². The Morgan fingerprint density at radius 2 is 1.78 bits per heavy atom. The van der Waals surface area contributed by atoms with E-state index in [9.17, 15) is 31.5 Å². The molecular formula is C28H25F5N4O3S. The van der Waals surface area contributed by atoms with Crippen molar-refractivity contribution in [2.45, 2.75) is 62.8 Å². The second-order valence-corrected chi connectivity index (χ2v) is 11.5. The Morgan fingerprint density at radius 3 is 2.44 bits per heavy atom. The molecule has 0 bridgehead atoms. The zero-order valence-corrected chi connectivity index (χ0v) is 22.5. The van der Waals surface area contributed by atoms with Crippen LogP contribution in [-0.2, 0) is 22.4 Å². The molecule has 1 aromatic carbocycles. The number of benzene rings is 1. The number of hydrogen-bond acceptors (Lipinski definition) is 6. The average Bonchev–Trinajstić information content (AvgIpc) is 3.46. The molecule has 2 aromatic heterocycles. The zero-order chi connectivity index (χ0) is 28.9. The van der Waals surface area contributed by atoms with E-state index < -0.39 is 47.5 Å². The van der Waals surface area contributed by atoms with Crippen molar-refractivity contribution in [2.75, 3.05) is 13.1 Å². The number of carbonyl (C=O) groups excluding carboxylic acids is 1. The molecule has 41 heavy (non-hydrogen) atoms. The number of likely N-dealkylation sites (tertiary alicyclic amines) is 1. The molecule has 13 heteroatoms. The molecule has 216 valence electrons.